The van der Waals surface area contributed by atoms with Crippen molar-refractivity contribution in [3.8, 4) is 11.5 Å². The summed E-state index contributed by atoms with van der Waals surface area (Å²) in [6.07, 6.45) is 1.82. The number of benzene rings is 1. The third-order valence-electron chi connectivity index (χ3n) is 6.37. The second-order valence-corrected chi connectivity index (χ2v) is 8.65. The largest absolute Gasteiger partial charge is 0.463 e. The van der Waals surface area contributed by atoms with Gasteiger partial charge in [0.05, 0.1) is 22.9 Å². The lowest BCUT2D eigenvalue weighted by Crippen LogP contribution is -2.49. The maximum atomic E-state index is 13.2. The summed E-state index contributed by atoms with van der Waals surface area (Å²) in [5, 5.41) is 8.04. The number of nitrogens with one attached hydrogen (secondary N) is 1. The van der Waals surface area contributed by atoms with Crippen LogP contribution in [-0.2, 0) is 11.8 Å². The van der Waals surface area contributed by atoms with Crippen LogP contribution in [0.25, 0.3) is 22.5 Å². The number of hydrogen-bond acceptors (Lipinski definition) is 6. The number of aromatic nitrogens is 3. The van der Waals surface area contributed by atoms with E-state index in [1.54, 1.807) is 36.2 Å². The molecule has 9 nitrogen and oxygen atoms in total. The van der Waals surface area contributed by atoms with E-state index in [2.05, 4.69) is 32.4 Å². The summed E-state index contributed by atoms with van der Waals surface area (Å²) in [6.45, 7) is 5.06. The number of pyridine rings is 1. The SMILES string of the molecule is Cc1nn(C)c2nc(-c3ccco3)cc(C(=O)NCCC(=O)N3CCN(c4ccccc4)CC3)c12. The first-order valence-corrected chi connectivity index (χ1v) is 11.8. The number of fused-ring (bicyclic) bond motifs is 1. The van der Waals surface area contributed by atoms with E-state index in [0.717, 1.165) is 18.8 Å². The number of furan rings is 1. The molecule has 4 aromatic rings. The number of carbonyl (C=O) groups excluding carboxylic acids is 2. The van der Waals surface area contributed by atoms with Crippen molar-refractivity contribution in [1.82, 2.24) is 25.0 Å². The minimum atomic E-state index is -0.261. The number of carbonyl (C=O) groups is 2. The monoisotopic (exact) mass is 472 g/mol. The van der Waals surface area contributed by atoms with Gasteiger partial charge in [0.25, 0.3) is 5.91 Å². The Labute approximate surface area is 203 Å². The Balaban J connectivity index is 1.22. The van der Waals surface area contributed by atoms with Gasteiger partial charge in [0.2, 0.25) is 5.91 Å². The molecule has 5 rings (SSSR count). The fourth-order valence-electron chi connectivity index (χ4n) is 4.56. The lowest BCUT2D eigenvalue weighted by atomic mass is 10.1. The molecular weight excluding hydrogens is 444 g/mol. The van der Waals surface area contributed by atoms with E-state index >= 15 is 0 Å². The lowest BCUT2D eigenvalue weighted by Gasteiger charge is -2.36. The van der Waals surface area contributed by atoms with Crippen LogP contribution in [0.2, 0.25) is 0 Å². The van der Waals surface area contributed by atoms with Gasteiger partial charge < -0.3 is 19.5 Å². The molecule has 1 aliphatic heterocycles. The third-order valence-corrected chi connectivity index (χ3v) is 6.37. The smallest absolute Gasteiger partial charge is 0.252 e. The van der Waals surface area contributed by atoms with Crippen molar-refractivity contribution < 1.29 is 14.0 Å². The van der Waals surface area contributed by atoms with Crippen molar-refractivity contribution in [3.63, 3.8) is 0 Å². The highest BCUT2D eigenvalue weighted by Crippen LogP contribution is 2.27. The number of rotatable bonds is 6. The summed E-state index contributed by atoms with van der Waals surface area (Å²) in [5.74, 6) is 0.361. The van der Waals surface area contributed by atoms with E-state index in [4.69, 9.17) is 4.42 Å². The molecule has 1 fully saturated rings. The first-order valence-electron chi connectivity index (χ1n) is 11.8. The van der Waals surface area contributed by atoms with Gasteiger partial charge in [-0.05, 0) is 37.3 Å². The van der Waals surface area contributed by atoms with Crippen LogP contribution in [0.3, 0.4) is 0 Å². The standard InChI is InChI=1S/C26H28N6O3/c1-18-24-20(17-21(22-9-6-16-35-22)28-25(24)30(2)29-18)26(34)27-11-10-23(33)32-14-12-31(13-15-32)19-7-4-3-5-8-19/h3-9,16-17H,10-15H2,1-2H3,(H,27,34). The van der Waals surface area contributed by atoms with E-state index in [9.17, 15) is 9.59 Å². The number of nitrogens with zero attached hydrogens (tertiary/aromatic N) is 5. The highest BCUT2D eigenvalue weighted by atomic mass is 16.3. The fraction of sp³-hybridized carbons (Fsp3) is 0.308. The van der Waals surface area contributed by atoms with E-state index in [1.165, 1.54) is 5.69 Å². The molecule has 0 unspecified atom stereocenters. The summed E-state index contributed by atoms with van der Waals surface area (Å²) >= 11 is 0. The fourth-order valence-corrected chi connectivity index (χ4v) is 4.56. The number of hydrogen-bond donors (Lipinski definition) is 1. The van der Waals surface area contributed by atoms with Crippen LogP contribution in [0.1, 0.15) is 22.5 Å². The average Bonchev–Trinajstić information content (AvgIpc) is 3.52. The second kappa shape index (κ2) is 9.61. The zero-order valence-corrected chi connectivity index (χ0v) is 19.9. The van der Waals surface area contributed by atoms with Crippen LogP contribution < -0.4 is 10.2 Å². The van der Waals surface area contributed by atoms with Gasteiger partial charge in [0.1, 0.15) is 5.69 Å². The zero-order chi connectivity index (χ0) is 24.4. The van der Waals surface area contributed by atoms with Crippen LogP contribution in [0.5, 0.6) is 0 Å². The third kappa shape index (κ3) is 4.62. The van der Waals surface area contributed by atoms with Crippen LogP contribution in [0.15, 0.2) is 59.2 Å². The Hall–Kier alpha value is -4.14. The van der Waals surface area contributed by atoms with Crippen molar-refractivity contribution in [2.24, 2.45) is 7.05 Å². The van der Waals surface area contributed by atoms with Crippen molar-refractivity contribution in [2.75, 3.05) is 37.6 Å². The van der Waals surface area contributed by atoms with E-state index in [0.29, 0.717) is 41.1 Å². The maximum Gasteiger partial charge on any atom is 0.252 e. The van der Waals surface area contributed by atoms with E-state index in [-0.39, 0.29) is 24.8 Å². The van der Waals surface area contributed by atoms with Gasteiger partial charge in [-0.15, -0.1) is 0 Å². The molecule has 4 heterocycles. The molecule has 1 aliphatic rings. The number of piperazine rings is 1. The molecule has 9 heteroatoms. The Kier molecular flexibility index (Phi) is 6.22. The topological polar surface area (TPSA) is 96.5 Å². The predicted octanol–water partition coefficient (Wildman–Crippen LogP) is 3.01. The molecule has 180 valence electrons. The second-order valence-electron chi connectivity index (χ2n) is 8.65. The van der Waals surface area contributed by atoms with Gasteiger partial charge in [0, 0.05) is 51.9 Å². The van der Waals surface area contributed by atoms with Crippen LogP contribution in [-0.4, -0.2) is 64.2 Å². The molecule has 3 aromatic heterocycles. The number of amides is 2. The Morgan fingerprint density at radius 2 is 1.83 bits per heavy atom. The number of aryl methyl sites for hydroxylation is 2. The molecular formula is C26H28N6O3. The summed E-state index contributed by atoms with van der Waals surface area (Å²) in [6, 6.07) is 15.5. The van der Waals surface area contributed by atoms with Crippen LogP contribution in [0, 0.1) is 6.92 Å². The van der Waals surface area contributed by atoms with Gasteiger partial charge >= 0.3 is 0 Å². The Morgan fingerprint density at radius 3 is 2.54 bits per heavy atom. The van der Waals surface area contributed by atoms with Gasteiger partial charge in [-0.3, -0.25) is 14.3 Å². The summed E-state index contributed by atoms with van der Waals surface area (Å²) < 4.78 is 7.15. The molecule has 0 spiro atoms. The highest BCUT2D eigenvalue weighted by Gasteiger charge is 2.23. The minimum absolute atomic E-state index is 0.0479. The van der Waals surface area contributed by atoms with Crippen molar-refractivity contribution in [3.05, 3.63) is 66.1 Å². The van der Waals surface area contributed by atoms with Crippen molar-refractivity contribution in [1.29, 1.82) is 0 Å². The van der Waals surface area contributed by atoms with E-state index in [1.807, 2.05) is 30.0 Å². The molecule has 35 heavy (non-hydrogen) atoms. The lowest BCUT2D eigenvalue weighted by molar-refractivity contribution is -0.131. The average molecular weight is 473 g/mol. The van der Waals surface area contributed by atoms with Gasteiger partial charge in [-0.1, -0.05) is 18.2 Å². The normalized spacial score (nSPS) is 13.9. The summed E-state index contributed by atoms with van der Waals surface area (Å²) in [7, 11) is 1.80. The summed E-state index contributed by atoms with van der Waals surface area (Å²) in [5.41, 5.74) is 3.53. The molecule has 1 aromatic carbocycles. The van der Waals surface area contributed by atoms with Gasteiger partial charge in [-0.25, -0.2) is 4.98 Å². The van der Waals surface area contributed by atoms with Crippen molar-refractivity contribution >= 4 is 28.5 Å². The number of anilines is 1. The molecule has 0 atom stereocenters. The first-order chi connectivity index (χ1) is 17.0. The maximum absolute atomic E-state index is 13.2. The molecule has 0 bridgehead atoms. The van der Waals surface area contributed by atoms with Crippen LogP contribution in [0.4, 0.5) is 5.69 Å². The minimum Gasteiger partial charge on any atom is -0.463 e. The quantitative estimate of drug-likeness (QED) is 0.463. The molecule has 2 amide bonds. The number of para-hydroxylation sites is 1. The Bertz CT molecular complexity index is 1340. The summed E-state index contributed by atoms with van der Waals surface area (Å²) in [4.78, 5) is 34.7. The molecule has 0 aliphatic carbocycles. The van der Waals surface area contributed by atoms with Gasteiger partial charge in [0.15, 0.2) is 11.4 Å². The zero-order valence-electron chi connectivity index (χ0n) is 19.9. The van der Waals surface area contributed by atoms with Crippen molar-refractivity contribution in [2.45, 2.75) is 13.3 Å². The molecule has 0 radical (unpaired) electrons. The first kappa shape index (κ1) is 22.6. The molecule has 1 saturated heterocycles. The predicted molar refractivity (Wildman–Crippen MR) is 133 cm³/mol. The highest BCUT2D eigenvalue weighted by molar-refractivity contribution is 6.07. The molecule has 0 saturated carbocycles. The van der Waals surface area contributed by atoms with Gasteiger partial charge in [-0.2, -0.15) is 5.10 Å². The van der Waals surface area contributed by atoms with Crippen LogP contribution >= 0.6 is 0 Å². The van der Waals surface area contributed by atoms with E-state index < -0.39 is 0 Å². The molecule has 1 N–H and O–H groups in total. The Morgan fingerprint density at radius 1 is 1.06 bits per heavy atom.